The monoisotopic (exact) mass is 346 g/mol. The van der Waals surface area contributed by atoms with E-state index in [2.05, 4.69) is 17.5 Å². The summed E-state index contributed by atoms with van der Waals surface area (Å²) in [5, 5.41) is 4.51. The van der Waals surface area contributed by atoms with Gasteiger partial charge in [-0.15, -0.1) is 0 Å². The number of carbonyl (C=O) groups is 1. The number of hydrazone groups is 1. The molecule has 2 aromatic carbocycles. The topological polar surface area (TPSA) is 59.9 Å². The maximum absolute atomic E-state index is 11.6. The Balaban J connectivity index is 1.74. The van der Waals surface area contributed by atoms with E-state index in [9.17, 15) is 4.79 Å². The van der Waals surface area contributed by atoms with Gasteiger partial charge in [0.05, 0.1) is 12.8 Å². The molecule has 5 nitrogen and oxygen atoms in total. The Morgan fingerprint density at radius 3 is 2.38 bits per heavy atom. The number of halogens is 1. The highest BCUT2D eigenvalue weighted by atomic mass is 35.5. The van der Waals surface area contributed by atoms with Gasteiger partial charge >= 0.3 is 0 Å². The van der Waals surface area contributed by atoms with Crippen LogP contribution < -0.4 is 14.9 Å². The van der Waals surface area contributed by atoms with E-state index in [1.165, 1.54) is 0 Å². The van der Waals surface area contributed by atoms with Crippen molar-refractivity contribution in [3.8, 4) is 11.5 Å². The minimum absolute atomic E-state index is 0.122. The van der Waals surface area contributed by atoms with E-state index in [0.717, 1.165) is 17.7 Å². The Morgan fingerprint density at radius 2 is 1.71 bits per heavy atom. The number of amides is 1. The first-order valence-corrected chi connectivity index (χ1v) is 7.98. The van der Waals surface area contributed by atoms with Crippen LogP contribution in [0, 0.1) is 0 Å². The van der Waals surface area contributed by atoms with Crippen LogP contribution in [0.3, 0.4) is 0 Å². The number of benzene rings is 2. The minimum atomic E-state index is -0.343. The van der Waals surface area contributed by atoms with Crippen molar-refractivity contribution in [3.63, 3.8) is 0 Å². The van der Waals surface area contributed by atoms with Crippen molar-refractivity contribution in [2.45, 2.75) is 13.3 Å². The molecular formula is C18H19ClN2O3. The van der Waals surface area contributed by atoms with Crippen molar-refractivity contribution >= 4 is 23.7 Å². The number of hydrogen-bond acceptors (Lipinski definition) is 4. The van der Waals surface area contributed by atoms with Crippen LogP contribution in [0.4, 0.5) is 0 Å². The Hall–Kier alpha value is -2.53. The van der Waals surface area contributed by atoms with E-state index in [-0.39, 0.29) is 12.5 Å². The summed E-state index contributed by atoms with van der Waals surface area (Å²) in [7, 11) is 0. The molecule has 0 aliphatic rings. The van der Waals surface area contributed by atoms with Crippen LogP contribution in [0.15, 0.2) is 53.6 Å². The first kappa shape index (κ1) is 17.8. The van der Waals surface area contributed by atoms with Gasteiger partial charge in [0, 0.05) is 5.02 Å². The Morgan fingerprint density at radius 1 is 1.08 bits per heavy atom. The van der Waals surface area contributed by atoms with E-state index in [1.807, 2.05) is 24.3 Å². The second kappa shape index (κ2) is 9.57. The number of ether oxygens (including phenoxy) is 2. The Bertz CT molecular complexity index is 670. The average Bonchev–Trinajstić information content (AvgIpc) is 2.60. The molecule has 0 saturated carbocycles. The fourth-order valence-corrected chi connectivity index (χ4v) is 1.89. The van der Waals surface area contributed by atoms with Crippen LogP contribution in [0.25, 0.3) is 0 Å². The van der Waals surface area contributed by atoms with Crippen molar-refractivity contribution in [2.24, 2.45) is 5.10 Å². The molecule has 126 valence electrons. The van der Waals surface area contributed by atoms with Crippen LogP contribution in [0.1, 0.15) is 18.9 Å². The summed E-state index contributed by atoms with van der Waals surface area (Å²) in [6.45, 7) is 2.63. The highest BCUT2D eigenvalue weighted by Gasteiger charge is 2.01. The zero-order valence-corrected chi connectivity index (χ0v) is 14.1. The number of nitrogens with zero attached hydrogens (tertiary/aromatic N) is 1. The van der Waals surface area contributed by atoms with Gasteiger partial charge in [-0.05, 0) is 60.5 Å². The molecule has 6 heteroatoms. The molecule has 1 N–H and O–H groups in total. The molecular weight excluding hydrogens is 328 g/mol. The first-order chi connectivity index (χ1) is 11.7. The second-order valence-electron chi connectivity index (χ2n) is 4.95. The molecule has 0 heterocycles. The van der Waals surface area contributed by atoms with Gasteiger partial charge in [-0.25, -0.2) is 5.43 Å². The summed E-state index contributed by atoms with van der Waals surface area (Å²) >= 11 is 5.77. The third-order valence-electron chi connectivity index (χ3n) is 2.94. The summed E-state index contributed by atoms with van der Waals surface area (Å²) < 4.78 is 10.8. The zero-order chi connectivity index (χ0) is 17.2. The van der Waals surface area contributed by atoms with Gasteiger partial charge in [0.25, 0.3) is 5.91 Å². The largest absolute Gasteiger partial charge is 0.494 e. The van der Waals surface area contributed by atoms with Crippen LogP contribution >= 0.6 is 11.6 Å². The van der Waals surface area contributed by atoms with E-state index >= 15 is 0 Å². The molecule has 2 aromatic rings. The van der Waals surface area contributed by atoms with Crippen LogP contribution in [0.2, 0.25) is 5.02 Å². The van der Waals surface area contributed by atoms with E-state index < -0.39 is 0 Å². The van der Waals surface area contributed by atoms with Gasteiger partial charge in [-0.3, -0.25) is 4.79 Å². The predicted octanol–water partition coefficient (Wildman–Crippen LogP) is 3.66. The highest BCUT2D eigenvalue weighted by molar-refractivity contribution is 6.30. The van der Waals surface area contributed by atoms with Gasteiger partial charge in [0.2, 0.25) is 0 Å². The first-order valence-electron chi connectivity index (χ1n) is 7.60. The fourth-order valence-electron chi connectivity index (χ4n) is 1.76. The molecule has 0 spiro atoms. The lowest BCUT2D eigenvalue weighted by Gasteiger charge is -2.05. The normalized spacial score (nSPS) is 10.6. The standard InChI is InChI=1S/C18H19ClN2O3/c1-2-11-23-16-7-3-14(4-8-16)12-20-21-18(22)13-24-17-9-5-15(19)6-10-17/h3-10,12H,2,11,13H2,1H3,(H,21,22)/b20-12+. The quantitative estimate of drug-likeness (QED) is 0.586. The molecule has 0 aliphatic carbocycles. The van der Waals surface area contributed by atoms with Crippen molar-refractivity contribution < 1.29 is 14.3 Å². The summed E-state index contributed by atoms with van der Waals surface area (Å²) in [6.07, 6.45) is 2.52. The maximum Gasteiger partial charge on any atom is 0.277 e. The molecule has 1 amide bonds. The number of carbonyl (C=O) groups excluding carboxylic acids is 1. The third-order valence-corrected chi connectivity index (χ3v) is 3.19. The fraction of sp³-hybridized carbons (Fsp3) is 0.222. The smallest absolute Gasteiger partial charge is 0.277 e. The SMILES string of the molecule is CCCOc1ccc(/C=N/NC(=O)COc2ccc(Cl)cc2)cc1. The Kier molecular flexibility index (Phi) is 7.11. The average molecular weight is 347 g/mol. The summed E-state index contributed by atoms with van der Waals surface area (Å²) in [5.74, 6) is 1.04. The summed E-state index contributed by atoms with van der Waals surface area (Å²) in [6, 6.07) is 14.2. The molecule has 0 unspecified atom stereocenters. The van der Waals surface area contributed by atoms with Crippen LogP contribution in [-0.4, -0.2) is 25.3 Å². The van der Waals surface area contributed by atoms with Crippen molar-refractivity contribution in [2.75, 3.05) is 13.2 Å². The van der Waals surface area contributed by atoms with Gasteiger partial charge in [-0.1, -0.05) is 18.5 Å². The molecule has 24 heavy (non-hydrogen) atoms. The Labute approximate surface area is 146 Å². The molecule has 0 aromatic heterocycles. The van der Waals surface area contributed by atoms with E-state index in [4.69, 9.17) is 21.1 Å². The van der Waals surface area contributed by atoms with Gasteiger partial charge < -0.3 is 9.47 Å². The van der Waals surface area contributed by atoms with E-state index in [0.29, 0.717) is 17.4 Å². The molecule has 0 aliphatic heterocycles. The third kappa shape index (κ3) is 6.30. The molecule has 0 bridgehead atoms. The molecule has 2 rings (SSSR count). The molecule has 0 saturated heterocycles. The van der Waals surface area contributed by atoms with Gasteiger partial charge in [0.15, 0.2) is 6.61 Å². The lowest BCUT2D eigenvalue weighted by atomic mass is 10.2. The van der Waals surface area contributed by atoms with Crippen molar-refractivity contribution in [3.05, 3.63) is 59.1 Å². The predicted molar refractivity (Wildman–Crippen MR) is 94.9 cm³/mol. The van der Waals surface area contributed by atoms with Crippen molar-refractivity contribution in [1.29, 1.82) is 0 Å². The lowest BCUT2D eigenvalue weighted by molar-refractivity contribution is -0.123. The number of hydrogen-bond donors (Lipinski definition) is 1. The van der Waals surface area contributed by atoms with Gasteiger partial charge in [0.1, 0.15) is 11.5 Å². The number of nitrogens with one attached hydrogen (secondary N) is 1. The van der Waals surface area contributed by atoms with Crippen molar-refractivity contribution in [1.82, 2.24) is 5.43 Å². The summed E-state index contributed by atoms with van der Waals surface area (Å²) in [5.41, 5.74) is 3.27. The molecule has 0 atom stereocenters. The minimum Gasteiger partial charge on any atom is -0.494 e. The second-order valence-corrected chi connectivity index (χ2v) is 5.39. The van der Waals surface area contributed by atoms with E-state index in [1.54, 1.807) is 30.5 Å². The maximum atomic E-state index is 11.6. The van der Waals surface area contributed by atoms with Crippen LogP contribution in [-0.2, 0) is 4.79 Å². The van der Waals surface area contributed by atoms with Crippen LogP contribution in [0.5, 0.6) is 11.5 Å². The highest BCUT2D eigenvalue weighted by Crippen LogP contribution is 2.15. The summed E-state index contributed by atoms with van der Waals surface area (Å²) in [4.78, 5) is 11.6. The van der Waals surface area contributed by atoms with Gasteiger partial charge in [-0.2, -0.15) is 5.10 Å². The molecule has 0 radical (unpaired) electrons. The lowest BCUT2D eigenvalue weighted by Crippen LogP contribution is -2.24. The zero-order valence-electron chi connectivity index (χ0n) is 13.4. The number of rotatable bonds is 8. The molecule has 0 fully saturated rings.